The normalized spacial score (nSPS) is 10.8. The maximum atomic E-state index is 6.13. The van der Waals surface area contributed by atoms with Crippen LogP contribution in [0.3, 0.4) is 0 Å². The van der Waals surface area contributed by atoms with Gasteiger partial charge in [0.05, 0.1) is 24.0 Å². The molecule has 0 unspecified atom stereocenters. The molecule has 1 aromatic carbocycles. The summed E-state index contributed by atoms with van der Waals surface area (Å²) in [7, 11) is 1.58. The molecule has 2 rings (SSSR count). The van der Waals surface area contributed by atoms with Gasteiger partial charge in [0.15, 0.2) is 5.75 Å². The lowest BCUT2D eigenvalue weighted by Crippen LogP contribution is -1.99. The van der Waals surface area contributed by atoms with E-state index in [2.05, 4.69) is 4.98 Å². The summed E-state index contributed by atoms with van der Waals surface area (Å²) in [6.45, 7) is 4.09. The molecule has 0 aliphatic heterocycles. The summed E-state index contributed by atoms with van der Waals surface area (Å²) in [6, 6.07) is 5.12. The number of benzene rings is 1. The third kappa shape index (κ3) is 3.34. The number of aromatic nitrogens is 1. The van der Waals surface area contributed by atoms with Gasteiger partial charge >= 0.3 is 0 Å². The van der Waals surface area contributed by atoms with E-state index in [9.17, 15) is 0 Å². The maximum absolute atomic E-state index is 6.13. The van der Waals surface area contributed by atoms with Crippen LogP contribution in [0.1, 0.15) is 25.3 Å². The minimum atomic E-state index is 0.239. The number of ether oxygens (including phenoxy) is 2. The molecule has 0 saturated heterocycles. The molecule has 0 aliphatic rings. The van der Waals surface area contributed by atoms with Gasteiger partial charge in [0, 0.05) is 5.56 Å². The summed E-state index contributed by atoms with van der Waals surface area (Å²) in [4.78, 5) is 4.23. The van der Waals surface area contributed by atoms with Crippen LogP contribution in [-0.4, -0.2) is 12.1 Å². The Morgan fingerprint density at radius 2 is 1.95 bits per heavy atom. The molecule has 0 saturated carbocycles. The molecule has 0 atom stereocenters. The van der Waals surface area contributed by atoms with E-state index in [1.54, 1.807) is 25.4 Å². The van der Waals surface area contributed by atoms with Crippen LogP contribution < -0.4 is 15.2 Å². The molecule has 0 aliphatic carbocycles. The lowest BCUT2D eigenvalue weighted by molar-refractivity contribution is 0.387. The molecule has 0 radical (unpaired) electrons. The van der Waals surface area contributed by atoms with Gasteiger partial charge in [-0.3, -0.25) is 0 Å². The van der Waals surface area contributed by atoms with E-state index in [0.717, 1.165) is 5.56 Å². The van der Waals surface area contributed by atoms with Crippen LogP contribution >= 0.6 is 23.2 Å². The fourth-order valence-corrected chi connectivity index (χ4v) is 2.30. The molecular formula is C15H16Cl2N2O2. The quantitative estimate of drug-likeness (QED) is 0.812. The Balaban J connectivity index is 2.41. The predicted molar refractivity (Wildman–Crippen MR) is 85.8 cm³/mol. The first kappa shape index (κ1) is 15.7. The second-order valence-corrected chi connectivity index (χ2v) is 5.59. The van der Waals surface area contributed by atoms with Gasteiger partial charge in [-0.25, -0.2) is 4.98 Å². The fourth-order valence-electron chi connectivity index (χ4n) is 1.85. The number of hydrogen-bond donors (Lipinski definition) is 1. The van der Waals surface area contributed by atoms with Crippen LogP contribution in [0.5, 0.6) is 17.4 Å². The Morgan fingerprint density at radius 1 is 1.24 bits per heavy atom. The lowest BCUT2D eigenvalue weighted by Gasteiger charge is -2.14. The van der Waals surface area contributed by atoms with Gasteiger partial charge in [0.1, 0.15) is 10.8 Å². The van der Waals surface area contributed by atoms with Crippen molar-refractivity contribution in [2.45, 2.75) is 19.8 Å². The summed E-state index contributed by atoms with van der Waals surface area (Å²) < 4.78 is 11.0. The van der Waals surface area contributed by atoms with Crippen LogP contribution in [0.25, 0.3) is 0 Å². The van der Waals surface area contributed by atoms with Crippen LogP contribution in [0.15, 0.2) is 24.4 Å². The molecule has 4 nitrogen and oxygen atoms in total. The SMILES string of the molecule is COc1ncc(Oc2c(Cl)ccc(N)c2Cl)cc1C(C)C. The Kier molecular flexibility index (Phi) is 4.80. The van der Waals surface area contributed by atoms with Crippen LogP contribution in [-0.2, 0) is 0 Å². The Hall–Kier alpha value is -1.65. The van der Waals surface area contributed by atoms with E-state index in [1.165, 1.54) is 0 Å². The molecule has 2 N–H and O–H groups in total. The summed E-state index contributed by atoms with van der Waals surface area (Å²) in [5.74, 6) is 1.65. The van der Waals surface area contributed by atoms with Crippen LogP contribution in [0, 0.1) is 0 Å². The number of pyridine rings is 1. The first-order valence-electron chi connectivity index (χ1n) is 6.39. The van der Waals surface area contributed by atoms with Crippen molar-refractivity contribution in [1.82, 2.24) is 4.98 Å². The Morgan fingerprint density at radius 3 is 2.57 bits per heavy atom. The number of anilines is 1. The Bertz CT molecular complexity index is 660. The van der Waals surface area contributed by atoms with Crippen LogP contribution in [0.4, 0.5) is 5.69 Å². The zero-order chi connectivity index (χ0) is 15.6. The molecular weight excluding hydrogens is 311 g/mol. The molecule has 112 valence electrons. The largest absolute Gasteiger partial charge is 0.481 e. The van der Waals surface area contributed by atoms with Crippen molar-refractivity contribution in [3.8, 4) is 17.4 Å². The second kappa shape index (κ2) is 6.41. The molecule has 2 aromatic rings. The second-order valence-electron chi connectivity index (χ2n) is 4.81. The van der Waals surface area contributed by atoms with Gasteiger partial charge in [-0.05, 0) is 24.1 Å². The van der Waals surface area contributed by atoms with Gasteiger partial charge in [-0.15, -0.1) is 0 Å². The minimum absolute atomic E-state index is 0.239. The number of nitrogens with zero attached hydrogens (tertiary/aromatic N) is 1. The zero-order valence-corrected chi connectivity index (χ0v) is 13.5. The maximum Gasteiger partial charge on any atom is 0.216 e. The molecule has 21 heavy (non-hydrogen) atoms. The van der Waals surface area contributed by atoms with E-state index in [4.69, 9.17) is 38.4 Å². The monoisotopic (exact) mass is 326 g/mol. The lowest BCUT2D eigenvalue weighted by atomic mass is 10.1. The van der Waals surface area contributed by atoms with Crippen molar-refractivity contribution in [1.29, 1.82) is 0 Å². The van der Waals surface area contributed by atoms with Gasteiger partial charge < -0.3 is 15.2 Å². The molecule has 0 amide bonds. The Labute approximate surface area is 133 Å². The van der Waals surface area contributed by atoms with E-state index in [-0.39, 0.29) is 10.9 Å². The summed E-state index contributed by atoms with van der Waals surface area (Å²) in [5, 5.41) is 0.667. The van der Waals surface area contributed by atoms with Crippen molar-refractivity contribution in [3.05, 3.63) is 40.0 Å². The average Bonchev–Trinajstić information content (AvgIpc) is 2.47. The minimum Gasteiger partial charge on any atom is -0.481 e. The fraction of sp³-hybridized carbons (Fsp3) is 0.267. The first-order chi connectivity index (χ1) is 9.93. The number of hydrogen-bond acceptors (Lipinski definition) is 4. The third-order valence-corrected chi connectivity index (χ3v) is 3.66. The van der Waals surface area contributed by atoms with Gasteiger partial charge in [0.2, 0.25) is 5.88 Å². The average molecular weight is 327 g/mol. The highest BCUT2D eigenvalue weighted by atomic mass is 35.5. The van der Waals surface area contributed by atoms with Crippen molar-refractivity contribution in [3.63, 3.8) is 0 Å². The van der Waals surface area contributed by atoms with E-state index in [0.29, 0.717) is 28.1 Å². The van der Waals surface area contributed by atoms with E-state index < -0.39 is 0 Å². The highest BCUT2D eigenvalue weighted by Crippen LogP contribution is 2.40. The van der Waals surface area contributed by atoms with Crippen LogP contribution in [0.2, 0.25) is 10.0 Å². The number of nitrogens with two attached hydrogens (primary N) is 1. The van der Waals surface area contributed by atoms with Crippen molar-refractivity contribution in [2.24, 2.45) is 0 Å². The highest BCUT2D eigenvalue weighted by molar-refractivity contribution is 6.38. The van der Waals surface area contributed by atoms with Gasteiger partial charge in [-0.2, -0.15) is 0 Å². The summed E-state index contributed by atoms with van der Waals surface area (Å²) in [6.07, 6.45) is 1.56. The number of halogens is 2. The number of methoxy groups -OCH3 is 1. The predicted octanol–water partition coefficient (Wildman–Crippen LogP) is 4.89. The molecule has 1 heterocycles. The van der Waals surface area contributed by atoms with E-state index >= 15 is 0 Å². The zero-order valence-electron chi connectivity index (χ0n) is 12.0. The topological polar surface area (TPSA) is 57.4 Å². The highest BCUT2D eigenvalue weighted by Gasteiger charge is 2.15. The molecule has 1 aromatic heterocycles. The molecule has 0 spiro atoms. The van der Waals surface area contributed by atoms with Gasteiger partial charge in [-0.1, -0.05) is 37.0 Å². The van der Waals surface area contributed by atoms with Crippen molar-refractivity contribution >= 4 is 28.9 Å². The first-order valence-corrected chi connectivity index (χ1v) is 7.15. The molecule has 0 fully saturated rings. The smallest absolute Gasteiger partial charge is 0.216 e. The van der Waals surface area contributed by atoms with Crippen molar-refractivity contribution < 1.29 is 9.47 Å². The number of nitrogen functional groups attached to an aromatic ring is 1. The molecule has 6 heteroatoms. The van der Waals surface area contributed by atoms with E-state index in [1.807, 2.05) is 19.9 Å². The number of rotatable bonds is 4. The summed E-state index contributed by atoms with van der Waals surface area (Å²) in [5.41, 5.74) is 7.10. The van der Waals surface area contributed by atoms with Crippen molar-refractivity contribution in [2.75, 3.05) is 12.8 Å². The molecule has 0 bridgehead atoms. The standard InChI is InChI=1S/C15H16Cl2N2O2/c1-8(2)10-6-9(7-19-15(10)20-3)21-14-11(16)4-5-12(18)13(14)17/h4-8H,18H2,1-3H3. The van der Waals surface area contributed by atoms with Gasteiger partial charge in [0.25, 0.3) is 0 Å². The third-order valence-electron chi connectivity index (χ3n) is 2.97. The summed E-state index contributed by atoms with van der Waals surface area (Å²) >= 11 is 12.2.